The van der Waals surface area contributed by atoms with Crippen LogP contribution in [0.4, 0.5) is 11.4 Å². The monoisotopic (exact) mass is 330 g/mol. The van der Waals surface area contributed by atoms with E-state index in [2.05, 4.69) is 0 Å². The van der Waals surface area contributed by atoms with Gasteiger partial charge in [-0.15, -0.1) is 0 Å². The minimum absolute atomic E-state index is 0.423. The van der Waals surface area contributed by atoms with Crippen LogP contribution in [-0.4, -0.2) is 31.6 Å². The molecule has 10 heteroatoms. The summed E-state index contributed by atoms with van der Waals surface area (Å²) < 4.78 is 0. The van der Waals surface area contributed by atoms with Gasteiger partial charge in [-0.25, -0.2) is 0 Å². The number of nitrogens with zero attached hydrogens (tertiary/aromatic N) is 2. The van der Waals surface area contributed by atoms with Crippen molar-refractivity contribution in [2.24, 2.45) is 0 Å². The summed E-state index contributed by atoms with van der Waals surface area (Å²) in [4.78, 5) is 45.4. The number of phenolic OH excluding ortho intramolecular Hbond substituents is 2. The van der Waals surface area contributed by atoms with Crippen LogP contribution in [-0.2, 0) is 0 Å². The third-order valence-corrected chi connectivity index (χ3v) is 3.62. The molecule has 2 N–H and O–H groups in total. The quantitative estimate of drug-likeness (QED) is 0.530. The SMILES string of the molecule is O=C1c2ccc(O)c([N+](=O)[O-])c2C(=O)c2c([N+](=O)[O-])ccc(O)c21. The molecule has 0 saturated heterocycles. The predicted molar refractivity (Wildman–Crippen MR) is 76.4 cm³/mol. The van der Waals surface area contributed by atoms with Gasteiger partial charge in [0.15, 0.2) is 11.5 Å². The first-order chi connectivity index (χ1) is 11.3. The van der Waals surface area contributed by atoms with E-state index in [9.17, 15) is 40.0 Å². The van der Waals surface area contributed by atoms with Crippen molar-refractivity contribution in [3.8, 4) is 11.5 Å². The Morgan fingerprint density at radius 1 is 0.750 bits per heavy atom. The van der Waals surface area contributed by atoms with E-state index in [0.717, 1.165) is 24.3 Å². The summed E-state index contributed by atoms with van der Waals surface area (Å²) in [5.41, 5.74) is -4.30. The Morgan fingerprint density at radius 3 is 1.96 bits per heavy atom. The Kier molecular flexibility index (Phi) is 3.04. The lowest BCUT2D eigenvalue weighted by atomic mass is 9.81. The molecule has 1 aliphatic carbocycles. The van der Waals surface area contributed by atoms with Crippen molar-refractivity contribution in [1.29, 1.82) is 0 Å². The number of ketones is 2. The molecule has 0 radical (unpaired) electrons. The van der Waals surface area contributed by atoms with Crippen LogP contribution < -0.4 is 0 Å². The number of nitro groups is 2. The van der Waals surface area contributed by atoms with Crippen molar-refractivity contribution in [2.75, 3.05) is 0 Å². The summed E-state index contributed by atoms with van der Waals surface area (Å²) in [5, 5.41) is 41.7. The van der Waals surface area contributed by atoms with Crippen LogP contribution in [0.15, 0.2) is 24.3 Å². The van der Waals surface area contributed by atoms with E-state index in [0.29, 0.717) is 0 Å². The van der Waals surface area contributed by atoms with Crippen molar-refractivity contribution < 1.29 is 29.6 Å². The van der Waals surface area contributed by atoms with Crippen LogP contribution in [0.3, 0.4) is 0 Å². The molecule has 0 unspecified atom stereocenters. The molecule has 0 bridgehead atoms. The summed E-state index contributed by atoms with van der Waals surface area (Å²) in [6.07, 6.45) is 0. The minimum atomic E-state index is -1.19. The van der Waals surface area contributed by atoms with Gasteiger partial charge in [0.2, 0.25) is 5.78 Å². The molecule has 120 valence electrons. The molecule has 1 aliphatic rings. The lowest BCUT2D eigenvalue weighted by Gasteiger charge is -2.18. The number of benzene rings is 2. The number of rotatable bonds is 2. The van der Waals surface area contributed by atoms with E-state index < -0.39 is 66.5 Å². The Morgan fingerprint density at radius 2 is 1.38 bits per heavy atom. The second-order valence-electron chi connectivity index (χ2n) is 4.88. The van der Waals surface area contributed by atoms with Gasteiger partial charge >= 0.3 is 5.69 Å². The van der Waals surface area contributed by atoms with Crippen molar-refractivity contribution in [3.05, 3.63) is 66.7 Å². The molecule has 24 heavy (non-hydrogen) atoms. The molecule has 0 aliphatic heterocycles. The summed E-state index contributed by atoms with van der Waals surface area (Å²) in [6, 6.07) is 3.56. The average Bonchev–Trinajstić information content (AvgIpc) is 2.51. The number of carbonyl (C=O) groups excluding carboxylic acids is 2. The van der Waals surface area contributed by atoms with Gasteiger partial charge in [0.05, 0.1) is 15.4 Å². The molecule has 2 aromatic rings. The molecule has 0 amide bonds. The summed E-state index contributed by atoms with van der Waals surface area (Å²) in [7, 11) is 0. The highest BCUT2D eigenvalue weighted by Crippen LogP contribution is 2.43. The summed E-state index contributed by atoms with van der Waals surface area (Å²) in [6.45, 7) is 0. The number of fused-ring (bicyclic) bond motifs is 2. The lowest BCUT2D eigenvalue weighted by molar-refractivity contribution is -0.386. The Labute approximate surface area is 131 Å². The Hall–Kier alpha value is -3.82. The Bertz CT molecular complexity index is 975. The zero-order valence-electron chi connectivity index (χ0n) is 11.5. The van der Waals surface area contributed by atoms with Gasteiger partial charge in [0.25, 0.3) is 5.69 Å². The number of nitro benzene ring substituents is 2. The number of carbonyl (C=O) groups is 2. The van der Waals surface area contributed by atoms with Crippen molar-refractivity contribution in [3.63, 3.8) is 0 Å². The van der Waals surface area contributed by atoms with E-state index >= 15 is 0 Å². The first kappa shape index (κ1) is 15.1. The third-order valence-electron chi connectivity index (χ3n) is 3.62. The Balaban J connectivity index is 2.46. The normalized spacial score (nSPS) is 12.5. The van der Waals surface area contributed by atoms with Gasteiger partial charge in [-0.05, 0) is 18.2 Å². The zero-order valence-corrected chi connectivity index (χ0v) is 11.5. The molecule has 3 rings (SSSR count). The second-order valence-corrected chi connectivity index (χ2v) is 4.88. The number of hydrogen-bond donors (Lipinski definition) is 2. The topological polar surface area (TPSA) is 161 Å². The fourth-order valence-electron chi connectivity index (χ4n) is 2.64. The maximum absolute atomic E-state index is 12.6. The maximum Gasteiger partial charge on any atom is 0.322 e. The number of phenols is 2. The van der Waals surface area contributed by atoms with Crippen LogP contribution in [0, 0.1) is 20.2 Å². The molecular formula is C14H6N2O8. The fraction of sp³-hybridized carbons (Fsp3) is 0. The summed E-state index contributed by atoms with van der Waals surface area (Å²) >= 11 is 0. The number of aromatic hydroxyl groups is 2. The number of hydrogen-bond acceptors (Lipinski definition) is 8. The van der Waals surface area contributed by atoms with Crippen LogP contribution in [0.1, 0.15) is 31.8 Å². The van der Waals surface area contributed by atoms with E-state index in [4.69, 9.17) is 0 Å². The van der Waals surface area contributed by atoms with E-state index in [1.807, 2.05) is 0 Å². The van der Waals surface area contributed by atoms with Crippen molar-refractivity contribution in [2.45, 2.75) is 0 Å². The van der Waals surface area contributed by atoms with Crippen LogP contribution >= 0.6 is 0 Å². The van der Waals surface area contributed by atoms with Gasteiger partial charge in [-0.3, -0.25) is 29.8 Å². The standard InChI is InChI=1S/C14H6N2O8/c17-7-4-2-6(15(21)22)10-11(7)13(19)5-1-3-8(18)12(16(23)24)9(5)14(10)20/h1-4,17-18H. The smallest absolute Gasteiger partial charge is 0.322 e. The maximum atomic E-state index is 12.6. The first-order valence-corrected chi connectivity index (χ1v) is 6.35. The minimum Gasteiger partial charge on any atom is -0.507 e. The van der Waals surface area contributed by atoms with Crippen LogP contribution in [0.5, 0.6) is 11.5 Å². The highest BCUT2D eigenvalue weighted by Gasteiger charge is 2.42. The molecule has 0 aromatic heterocycles. The first-order valence-electron chi connectivity index (χ1n) is 6.35. The van der Waals surface area contributed by atoms with Gasteiger partial charge < -0.3 is 10.2 Å². The van der Waals surface area contributed by atoms with Gasteiger partial charge in [0.1, 0.15) is 16.9 Å². The molecular weight excluding hydrogens is 324 g/mol. The second kappa shape index (κ2) is 4.84. The third kappa shape index (κ3) is 1.83. The molecule has 0 atom stereocenters. The van der Waals surface area contributed by atoms with E-state index in [1.54, 1.807) is 0 Å². The average molecular weight is 330 g/mol. The molecule has 10 nitrogen and oxygen atoms in total. The van der Waals surface area contributed by atoms with Crippen molar-refractivity contribution >= 4 is 22.9 Å². The lowest BCUT2D eigenvalue weighted by Crippen LogP contribution is -2.23. The van der Waals surface area contributed by atoms with Crippen LogP contribution in [0.2, 0.25) is 0 Å². The zero-order chi connectivity index (χ0) is 17.8. The van der Waals surface area contributed by atoms with Crippen molar-refractivity contribution in [1.82, 2.24) is 0 Å². The highest BCUT2D eigenvalue weighted by molar-refractivity contribution is 6.32. The molecule has 0 saturated carbocycles. The highest BCUT2D eigenvalue weighted by atomic mass is 16.6. The van der Waals surface area contributed by atoms with E-state index in [1.165, 1.54) is 0 Å². The predicted octanol–water partition coefficient (Wildman–Crippen LogP) is 1.69. The molecule has 0 spiro atoms. The van der Waals surface area contributed by atoms with Gasteiger partial charge in [0, 0.05) is 11.6 Å². The van der Waals surface area contributed by atoms with E-state index in [-0.39, 0.29) is 0 Å². The fourth-order valence-corrected chi connectivity index (χ4v) is 2.64. The van der Waals surface area contributed by atoms with Crippen LogP contribution in [0.25, 0.3) is 0 Å². The van der Waals surface area contributed by atoms with Gasteiger partial charge in [-0.1, -0.05) is 0 Å². The molecule has 0 fully saturated rings. The molecule has 2 aromatic carbocycles. The summed E-state index contributed by atoms with van der Waals surface area (Å²) in [5.74, 6) is -3.69. The van der Waals surface area contributed by atoms with Gasteiger partial charge in [-0.2, -0.15) is 0 Å². The largest absolute Gasteiger partial charge is 0.507 e. The molecule has 0 heterocycles.